The van der Waals surface area contributed by atoms with Gasteiger partial charge in [-0.05, 0) is 17.7 Å². The van der Waals surface area contributed by atoms with Crippen LogP contribution in [0, 0.1) is 28.6 Å². The van der Waals surface area contributed by atoms with Crippen molar-refractivity contribution in [3.05, 3.63) is 40.7 Å². The number of pyridine rings is 1. The maximum Gasteiger partial charge on any atom is 0.509 e. The number of rotatable bonds is 2. The molecule has 1 atom stereocenters. The first-order chi connectivity index (χ1) is 13.2. The highest BCUT2D eigenvalue weighted by Crippen LogP contribution is 2.40. The van der Waals surface area contributed by atoms with Crippen LogP contribution in [0.5, 0.6) is 0 Å². The van der Waals surface area contributed by atoms with Gasteiger partial charge in [-0.15, -0.1) is 5.46 Å². The van der Waals surface area contributed by atoms with Crippen molar-refractivity contribution in [1.29, 1.82) is 10.5 Å². The molecule has 13 heteroatoms. The average Bonchev–Trinajstić information content (AvgIpc) is 2.60. The van der Waals surface area contributed by atoms with Crippen molar-refractivity contribution >= 4 is 35.7 Å². The van der Waals surface area contributed by atoms with Crippen LogP contribution in [-0.4, -0.2) is 17.9 Å². The van der Waals surface area contributed by atoms with E-state index >= 15 is 0 Å². The number of nitrogens with zero attached hydrogens (tertiary/aromatic N) is 4. The van der Waals surface area contributed by atoms with Crippen molar-refractivity contribution in [3.63, 3.8) is 0 Å². The zero-order valence-electron chi connectivity index (χ0n) is 13.8. The van der Waals surface area contributed by atoms with Gasteiger partial charge in [0.25, 0.3) is 0 Å². The minimum Gasteiger partial charge on any atom is -0.445 e. The fourth-order valence-electron chi connectivity index (χ4n) is 2.89. The lowest BCUT2D eigenvalue weighted by Gasteiger charge is -2.29. The van der Waals surface area contributed by atoms with Gasteiger partial charge < -0.3 is 29.7 Å². The summed E-state index contributed by atoms with van der Waals surface area (Å²) in [5, 5.41) is 22.8. The maximum absolute atomic E-state index is 13.8. The first-order valence-electron chi connectivity index (χ1n) is 7.65. The van der Waals surface area contributed by atoms with Crippen molar-refractivity contribution in [3.8, 4) is 12.3 Å². The van der Waals surface area contributed by atoms with Gasteiger partial charge in [-0.25, -0.2) is 14.4 Å². The quantitative estimate of drug-likeness (QED) is 0.261. The molecule has 0 saturated carbocycles. The van der Waals surface area contributed by atoms with E-state index in [0.717, 1.165) is 0 Å². The molecule has 142 valence electrons. The Morgan fingerprint density at radius 3 is 2.54 bits per heavy atom. The molecule has 2 heterocycles. The lowest BCUT2D eigenvalue weighted by Crippen LogP contribution is -2.40. The largest absolute Gasteiger partial charge is 0.509 e. The summed E-state index contributed by atoms with van der Waals surface area (Å²) in [5.74, 6) is -1.52. The first kappa shape index (κ1) is 18.8. The zero-order valence-corrected chi connectivity index (χ0v) is 13.8. The molecule has 1 aliphatic heterocycles. The molecule has 0 aliphatic carbocycles. The average molecular weight is 389 g/mol. The Morgan fingerprint density at radius 1 is 1.21 bits per heavy atom. The second-order valence-electron chi connectivity index (χ2n) is 5.75. The fourth-order valence-corrected chi connectivity index (χ4v) is 2.89. The van der Waals surface area contributed by atoms with E-state index in [9.17, 15) is 22.6 Å². The number of benzene rings is 1. The Kier molecular flexibility index (Phi) is 4.44. The number of nitrogen functional groups attached to an aromatic ring is 2. The Bertz CT molecular complexity index is 1080. The van der Waals surface area contributed by atoms with Gasteiger partial charge in [0, 0.05) is 5.56 Å². The summed E-state index contributed by atoms with van der Waals surface area (Å²) in [7, 11) is 0. The number of nitriles is 2. The Morgan fingerprint density at radius 2 is 1.93 bits per heavy atom. The monoisotopic (exact) mass is 389 g/mol. The molecule has 0 spiro atoms. The Labute approximate surface area is 155 Å². The molecular weight excluding hydrogens is 379 g/mol. The third-order valence-corrected chi connectivity index (χ3v) is 4.05. The van der Waals surface area contributed by atoms with E-state index in [0.29, 0.717) is 18.2 Å². The molecule has 1 aromatic heterocycles. The Balaban J connectivity index is 2.35. The lowest BCUT2D eigenvalue weighted by molar-refractivity contribution is 0.499. The molecule has 0 saturated heterocycles. The van der Waals surface area contributed by atoms with E-state index < -0.39 is 29.9 Å². The van der Waals surface area contributed by atoms with Gasteiger partial charge in [-0.3, -0.25) is 5.32 Å². The van der Waals surface area contributed by atoms with E-state index in [1.807, 2.05) is 0 Å². The van der Waals surface area contributed by atoms with Crippen LogP contribution < -0.4 is 27.6 Å². The molecule has 6 N–H and O–H groups in total. The number of nitrogens with one attached hydrogen (secondary N) is 2. The second-order valence-corrected chi connectivity index (χ2v) is 5.75. The fraction of sp³-hybridized carbons (Fsp3) is 0.0667. The molecule has 0 amide bonds. The number of aliphatic imine (C=N–C) groups is 1. The van der Waals surface area contributed by atoms with Gasteiger partial charge in [0.05, 0.1) is 5.69 Å². The number of halogens is 4. The number of nitrogens with two attached hydrogens (primary N) is 2. The summed E-state index contributed by atoms with van der Waals surface area (Å²) in [6.07, 6.45) is 1.57. The smallest absolute Gasteiger partial charge is 0.445 e. The van der Waals surface area contributed by atoms with Gasteiger partial charge in [-0.1, -0.05) is 6.07 Å². The second kappa shape index (κ2) is 6.63. The summed E-state index contributed by atoms with van der Waals surface area (Å²) in [6, 6.07) is 2.21. The van der Waals surface area contributed by atoms with Gasteiger partial charge in [0.1, 0.15) is 35.1 Å². The van der Waals surface area contributed by atoms with Crippen LogP contribution in [0.3, 0.4) is 0 Å². The predicted octanol–water partition coefficient (Wildman–Crippen LogP) is 1.25. The van der Waals surface area contributed by atoms with E-state index in [-0.39, 0.29) is 34.4 Å². The molecule has 1 unspecified atom stereocenters. The minimum absolute atomic E-state index is 0.0823. The molecular formula is C15H10BF4N8-. The molecule has 3 rings (SSSR count). The van der Waals surface area contributed by atoms with Crippen molar-refractivity contribution in [2.75, 3.05) is 16.8 Å². The number of guanidine groups is 1. The summed E-state index contributed by atoms with van der Waals surface area (Å²) < 4.78 is 54.5. The van der Waals surface area contributed by atoms with E-state index in [2.05, 4.69) is 20.6 Å². The van der Waals surface area contributed by atoms with Gasteiger partial charge >= 0.3 is 6.98 Å². The minimum atomic E-state index is -5.53. The van der Waals surface area contributed by atoms with E-state index in [4.69, 9.17) is 16.7 Å². The number of fused-ring (bicyclic) bond motifs is 1. The molecule has 0 bridgehead atoms. The normalized spacial score (nSPS) is 15.5. The lowest BCUT2D eigenvalue weighted by atomic mass is 9.74. The van der Waals surface area contributed by atoms with Crippen LogP contribution in [0.1, 0.15) is 22.7 Å². The summed E-state index contributed by atoms with van der Waals surface area (Å²) in [6.45, 7) is -5.53. The highest BCUT2D eigenvalue weighted by atomic mass is 19.4. The van der Waals surface area contributed by atoms with Crippen LogP contribution >= 0.6 is 0 Å². The van der Waals surface area contributed by atoms with E-state index in [1.54, 1.807) is 12.3 Å². The standard InChI is InChI=1S/C15H10BF4N8/c17-6-1-2-9(16(18,19)20)7(3-6)12-10-11(23)8(4-21)13(24)27-14(10)28-15(26-12)25-5-22/h1-3,12H,(H6,23,24,25,26,27,28)/q-1. The number of hydrogen-bond acceptors (Lipinski definition) is 8. The highest BCUT2D eigenvalue weighted by molar-refractivity contribution is 6.74. The molecule has 2 aromatic rings. The highest BCUT2D eigenvalue weighted by Gasteiger charge is 2.35. The summed E-state index contributed by atoms with van der Waals surface area (Å²) in [5.41, 5.74) is 9.43. The van der Waals surface area contributed by atoms with Crippen LogP contribution in [0.2, 0.25) is 0 Å². The number of aromatic nitrogens is 1. The van der Waals surface area contributed by atoms with Crippen LogP contribution in [0.15, 0.2) is 23.2 Å². The number of hydrogen-bond donors (Lipinski definition) is 4. The van der Waals surface area contributed by atoms with Crippen molar-refractivity contribution in [2.24, 2.45) is 4.99 Å². The third-order valence-electron chi connectivity index (χ3n) is 4.05. The van der Waals surface area contributed by atoms with Gasteiger partial charge in [0.2, 0.25) is 5.96 Å². The molecule has 1 aromatic carbocycles. The zero-order chi connectivity index (χ0) is 20.6. The van der Waals surface area contributed by atoms with Crippen LogP contribution in [0.4, 0.5) is 34.7 Å². The van der Waals surface area contributed by atoms with Gasteiger partial charge in [0.15, 0.2) is 6.19 Å². The topological polar surface area (TPSA) is 149 Å². The molecule has 0 radical (unpaired) electrons. The first-order valence-corrected chi connectivity index (χ1v) is 7.65. The van der Waals surface area contributed by atoms with Crippen LogP contribution in [0.25, 0.3) is 0 Å². The Hall–Kier alpha value is -4.00. The summed E-state index contributed by atoms with van der Waals surface area (Å²) in [4.78, 5) is 7.94. The molecule has 28 heavy (non-hydrogen) atoms. The van der Waals surface area contributed by atoms with Gasteiger partial charge in [-0.2, -0.15) is 10.5 Å². The third kappa shape index (κ3) is 3.10. The van der Waals surface area contributed by atoms with E-state index in [1.165, 1.54) is 0 Å². The SMILES string of the molecule is N#CNC1=NC(c2cc(F)ccc2[B-](F)(F)F)c2c(nc(N)c(C#N)c2N)N1. The number of anilines is 3. The molecule has 0 fully saturated rings. The summed E-state index contributed by atoms with van der Waals surface area (Å²) >= 11 is 0. The van der Waals surface area contributed by atoms with Crippen molar-refractivity contribution in [2.45, 2.75) is 6.04 Å². The molecule has 1 aliphatic rings. The van der Waals surface area contributed by atoms with Crippen molar-refractivity contribution in [1.82, 2.24) is 10.3 Å². The maximum atomic E-state index is 13.8. The predicted molar refractivity (Wildman–Crippen MR) is 94.5 cm³/mol. The molecule has 8 nitrogen and oxygen atoms in total. The van der Waals surface area contributed by atoms with Crippen LogP contribution in [-0.2, 0) is 0 Å². The van der Waals surface area contributed by atoms with Crippen molar-refractivity contribution < 1.29 is 17.3 Å².